The molecule has 0 heterocycles. The summed E-state index contributed by atoms with van der Waals surface area (Å²) in [5.74, 6) is -4.54. The van der Waals surface area contributed by atoms with Gasteiger partial charge >= 0.3 is 11.9 Å². The highest BCUT2D eigenvalue weighted by molar-refractivity contribution is 9.10. The molecule has 1 amide bonds. The molecule has 0 saturated carbocycles. The van der Waals surface area contributed by atoms with E-state index in [1.54, 1.807) is 12.1 Å². The largest absolute Gasteiger partial charge is 0.473 e. The van der Waals surface area contributed by atoms with Gasteiger partial charge < -0.3 is 20.8 Å². The summed E-state index contributed by atoms with van der Waals surface area (Å²) in [6.07, 6.45) is 0. The highest BCUT2D eigenvalue weighted by Crippen LogP contribution is 2.11. The number of carbonyl (C=O) groups excluding carboxylic acids is 1. The van der Waals surface area contributed by atoms with E-state index in [-0.39, 0.29) is 5.56 Å². The van der Waals surface area contributed by atoms with Crippen molar-refractivity contribution in [1.29, 1.82) is 0 Å². The fourth-order valence-corrected chi connectivity index (χ4v) is 2.33. The number of rotatable bonds is 6. The molecule has 0 atom stereocenters. The van der Waals surface area contributed by atoms with Crippen molar-refractivity contribution in [2.45, 2.75) is 6.54 Å². The van der Waals surface area contributed by atoms with E-state index in [0.717, 1.165) is 16.6 Å². The third kappa shape index (κ3) is 8.93. The van der Waals surface area contributed by atoms with Gasteiger partial charge in [0.15, 0.2) is 0 Å². The topological polar surface area (TPSA) is 116 Å². The second kappa shape index (κ2) is 11.8. The summed E-state index contributed by atoms with van der Waals surface area (Å²) >= 11 is 3.42. The highest BCUT2D eigenvalue weighted by Gasteiger charge is 2.09. The lowest BCUT2D eigenvalue weighted by atomic mass is 10.2. The zero-order valence-electron chi connectivity index (χ0n) is 14.1. The zero-order chi connectivity index (χ0) is 20.2. The molecule has 0 aromatic heterocycles. The smallest absolute Gasteiger partial charge is 0.414 e. The summed E-state index contributed by atoms with van der Waals surface area (Å²) in [4.78, 5) is 30.0. The summed E-state index contributed by atoms with van der Waals surface area (Å²) in [5.41, 5.74) is 1.23. The van der Waals surface area contributed by atoms with Crippen LogP contribution >= 0.6 is 15.9 Å². The molecule has 0 radical (unpaired) electrons. The predicted octanol–water partition coefficient (Wildman–Crippen LogP) is 2.26. The molecule has 0 fully saturated rings. The number of nitrogens with one attached hydrogen (secondary N) is 2. The van der Waals surface area contributed by atoms with E-state index < -0.39 is 23.7 Å². The number of aliphatic carboxylic acids is 2. The van der Waals surface area contributed by atoms with Gasteiger partial charge in [-0.3, -0.25) is 4.79 Å². The number of benzene rings is 2. The first-order valence-corrected chi connectivity index (χ1v) is 8.54. The number of amides is 1. The molecule has 0 saturated heterocycles. The maximum Gasteiger partial charge on any atom is 0.414 e. The van der Waals surface area contributed by atoms with Crippen LogP contribution in [0.2, 0.25) is 0 Å². The molecular formula is C18H18BrFN2O5. The molecule has 144 valence electrons. The molecule has 2 aromatic carbocycles. The van der Waals surface area contributed by atoms with Gasteiger partial charge in [-0.15, -0.1) is 0 Å². The molecule has 7 nitrogen and oxygen atoms in total. The van der Waals surface area contributed by atoms with E-state index in [0.29, 0.717) is 13.1 Å². The Balaban J connectivity index is 0.000000527. The van der Waals surface area contributed by atoms with E-state index in [2.05, 4.69) is 26.6 Å². The number of carbonyl (C=O) groups is 3. The second-order valence-corrected chi connectivity index (χ2v) is 6.07. The van der Waals surface area contributed by atoms with Crippen molar-refractivity contribution < 1.29 is 29.0 Å². The Morgan fingerprint density at radius 1 is 0.963 bits per heavy atom. The molecule has 27 heavy (non-hydrogen) atoms. The van der Waals surface area contributed by atoms with Crippen LogP contribution in [0, 0.1) is 5.82 Å². The number of carboxylic acid groups (broad SMARTS) is 2. The van der Waals surface area contributed by atoms with Crippen molar-refractivity contribution in [2.75, 3.05) is 13.1 Å². The van der Waals surface area contributed by atoms with E-state index in [1.807, 2.05) is 24.3 Å². The average molecular weight is 441 g/mol. The van der Waals surface area contributed by atoms with Crippen LogP contribution in [0.15, 0.2) is 53.0 Å². The van der Waals surface area contributed by atoms with Crippen LogP contribution in [0.25, 0.3) is 0 Å². The SMILES string of the molecule is O=C(NCCNCc1cccc(Br)c1)c1ccccc1F.O=C(O)C(=O)O. The lowest BCUT2D eigenvalue weighted by Crippen LogP contribution is -2.32. The van der Waals surface area contributed by atoms with E-state index >= 15 is 0 Å². The van der Waals surface area contributed by atoms with Gasteiger partial charge in [-0.2, -0.15) is 0 Å². The first-order valence-electron chi connectivity index (χ1n) is 7.75. The lowest BCUT2D eigenvalue weighted by Gasteiger charge is -2.08. The Bertz CT molecular complexity index is 789. The van der Waals surface area contributed by atoms with Crippen LogP contribution < -0.4 is 10.6 Å². The monoisotopic (exact) mass is 440 g/mol. The van der Waals surface area contributed by atoms with Gasteiger partial charge in [-0.1, -0.05) is 40.2 Å². The lowest BCUT2D eigenvalue weighted by molar-refractivity contribution is -0.159. The van der Waals surface area contributed by atoms with Crippen molar-refractivity contribution in [1.82, 2.24) is 10.6 Å². The molecular weight excluding hydrogens is 423 g/mol. The summed E-state index contributed by atoms with van der Waals surface area (Å²) in [6, 6.07) is 14.0. The number of hydrogen-bond donors (Lipinski definition) is 4. The standard InChI is InChI=1S/C16H16BrFN2O.C2H2O4/c17-13-5-3-4-12(10-13)11-19-8-9-20-16(21)14-6-1-2-7-15(14)18;3-1(4)2(5)6/h1-7,10,19H,8-9,11H2,(H,20,21);(H,3,4)(H,5,6). The summed E-state index contributed by atoms with van der Waals surface area (Å²) in [6.45, 7) is 1.78. The molecule has 9 heteroatoms. The average Bonchev–Trinajstić information content (AvgIpc) is 2.62. The maximum absolute atomic E-state index is 13.4. The van der Waals surface area contributed by atoms with Crippen LogP contribution in [-0.2, 0) is 16.1 Å². The number of halogens is 2. The van der Waals surface area contributed by atoms with Gasteiger partial charge in [0.2, 0.25) is 0 Å². The normalized spacial score (nSPS) is 9.70. The van der Waals surface area contributed by atoms with Crippen LogP contribution in [-0.4, -0.2) is 41.1 Å². The van der Waals surface area contributed by atoms with Crippen LogP contribution in [0.1, 0.15) is 15.9 Å². The summed E-state index contributed by atoms with van der Waals surface area (Å²) < 4.78 is 14.4. The van der Waals surface area contributed by atoms with Crippen molar-refractivity contribution in [2.24, 2.45) is 0 Å². The maximum atomic E-state index is 13.4. The van der Waals surface area contributed by atoms with Gasteiger partial charge in [-0.25, -0.2) is 14.0 Å². The number of hydrogen-bond acceptors (Lipinski definition) is 4. The predicted molar refractivity (Wildman–Crippen MR) is 99.9 cm³/mol. The van der Waals surface area contributed by atoms with Gasteiger partial charge in [0.05, 0.1) is 5.56 Å². The Morgan fingerprint density at radius 3 is 2.22 bits per heavy atom. The molecule has 0 aliphatic heterocycles. The molecule has 2 rings (SSSR count). The molecule has 0 aliphatic rings. The van der Waals surface area contributed by atoms with Crippen molar-refractivity contribution >= 4 is 33.8 Å². The van der Waals surface area contributed by atoms with Gasteiger partial charge in [-0.05, 0) is 29.8 Å². The molecule has 0 unspecified atom stereocenters. The molecule has 4 N–H and O–H groups in total. The minimum Gasteiger partial charge on any atom is -0.473 e. The quantitative estimate of drug-likeness (QED) is 0.404. The van der Waals surface area contributed by atoms with Crippen LogP contribution in [0.5, 0.6) is 0 Å². The van der Waals surface area contributed by atoms with E-state index in [9.17, 15) is 9.18 Å². The van der Waals surface area contributed by atoms with Gasteiger partial charge in [0.1, 0.15) is 5.82 Å². The molecule has 0 aliphatic carbocycles. The van der Waals surface area contributed by atoms with Gasteiger partial charge in [0, 0.05) is 24.1 Å². The Labute approximate surface area is 163 Å². The third-order valence-electron chi connectivity index (χ3n) is 3.11. The van der Waals surface area contributed by atoms with E-state index in [4.69, 9.17) is 19.8 Å². The molecule has 2 aromatic rings. The first kappa shape index (κ1) is 22.3. The summed E-state index contributed by atoms with van der Waals surface area (Å²) in [5, 5.41) is 20.7. The Hall–Kier alpha value is -2.78. The Morgan fingerprint density at radius 2 is 1.63 bits per heavy atom. The van der Waals surface area contributed by atoms with Crippen LogP contribution in [0.4, 0.5) is 4.39 Å². The fourth-order valence-electron chi connectivity index (χ4n) is 1.88. The van der Waals surface area contributed by atoms with Crippen molar-refractivity contribution in [3.63, 3.8) is 0 Å². The third-order valence-corrected chi connectivity index (χ3v) is 3.60. The van der Waals surface area contributed by atoms with Crippen molar-refractivity contribution in [3.05, 3.63) is 69.9 Å². The molecule has 0 spiro atoms. The highest BCUT2D eigenvalue weighted by atomic mass is 79.9. The molecule has 0 bridgehead atoms. The second-order valence-electron chi connectivity index (χ2n) is 5.15. The minimum absolute atomic E-state index is 0.0736. The van der Waals surface area contributed by atoms with E-state index in [1.165, 1.54) is 12.1 Å². The van der Waals surface area contributed by atoms with Gasteiger partial charge in [0.25, 0.3) is 5.91 Å². The van der Waals surface area contributed by atoms with Crippen LogP contribution in [0.3, 0.4) is 0 Å². The zero-order valence-corrected chi connectivity index (χ0v) is 15.7. The number of carboxylic acids is 2. The first-order chi connectivity index (χ1) is 12.8. The minimum atomic E-state index is -1.82. The summed E-state index contributed by atoms with van der Waals surface area (Å²) in [7, 11) is 0. The fraction of sp³-hybridized carbons (Fsp3) is 0.167. The Kier molecular flexibility index (Phi) is 9.70. The van der Waals surface area contributed by atoms with Crippen molar-refractivity contribution in [3.8, 4) is 0 Å².